The molecule has 0 unspecified atom stereocenters. The number of pyridine rings is 1. The summed E-state index contributed by atoms with van der Waals surface area (Å²) in [7, 11) is 4.15. The smallest absolute Gasteiger partial charge is 0.212 e. The Bertz CT molecular complexity index is 1160. The average Bonchev–Trinajstić information content (AvgIpc) is 3.21. The topological polar surface area (TPSA) is 87.4 Å². The summed E-state index contributed by atoms with van der Waals surface area (Å²) < 4.78 is 30.4. The maximum Gasteiger partial charge on any atom is 0.212 e. The number of benzene rings is 1. The number of anilines is 2. The van der Waals surface area contributed by atoms with Crippen LogP contribution in [0.3, 0.4) is 0 Å². The van der Waals surface area contributed by atoms with Crippen LogP contribution in [0.1, 0.15) is 40.2 Å². The highest BCUT2D eigenvalue weighted by atomic mass is 32.2. The number of nitrogens with zero attached hydrogens (tertiary/aromatic N) is 4. The van der Waals surface area contributed by atoms with Crippen LogP contribution in [0.2, 0.25) is 0 Å². The van der Waals surface area contributed by atoms with Crippen molar-refractivity contribution in [2.45, 2.75) is 36.6 Å². The SMILES string of the molecule is CN(C)CCCc1ccc(SN2CCC(Nc3nc(N)c(C(=O)c4c(F)cccc4F)s3)CC2)cn1. The summed E-state index contributed by atoms with van der Waals surface area (Å²) in [5.41, 5.74) is 6.42. The molecular formula is C25H30F2N6OS2. The summed E-state index contributed by atoms with van der Waals surface area (Å²) >= 11 is 2.73. The van der Waals surface area contributed by atoms with Crippen molar-refractivity contribution in [2.24, 2.45) is 0 Å². The second kappa shape index (κ2) is 12.1. The predicted octanol–water partition coefficient (Wildman–Crippen LogP) is 4.71. The lowest BCUT2D eigenvalue weighted by Gasteiger charge is -2.31. The lowest BCUT2D eigenvalue weighted by atomic mass is 10.1. The molecule has 192 valence electrons. The fourth-order valence-electron chi connectivity index (χ4n) is 3.99. The Balaban J connectivity index is 1.27. The highest BCUT2D eigenvalue weighted by Crippen LogP contribution is 2.32. The van der Waals surface area contributed by atoms with E-state index in [4.69, 9.17) is 5.73 Å². The number of ketones is 1. The molecule has 11 heteroatoms. The third-order valence-corrected chi connectivity index (χ3v) is 7.98. The molecule has 0 bridgehead atoms. The van der Waals surface area contributed by atoms with Gasteiger partial charge in [0.05, 0.1) is 5.56 Å². The highest BCUT2D eigenvalue weighted by Gasteiger charge is 2.26. The molecule has 0 amide bonds. The van der Waals surface area contributed by atoms with Crippen LogP contribution in [0.25, 0.3) is 0 Å². The zero-order valence-corrected chi connectivity index (χ0v) is 22.0. The fourth-order valence-corrected chi connectivity index (χ4v) is 5.82. The highest BCUT2D eigenvalue weighted by molar-refractivity contribution is 7.97. The molecule has 7 nitrogen and oxygen atoms in total. The largest absolute Gasteiger partial charge is 0.382 e. The van der Waals surface area contributed by atoms with E-state index < -0.39 is 23.0 Å². The molecule has 1 saturated heterocycles. The van der Waals surface area contributed by atoms with E-state index >= 15 is 0 Å². The van der Waals surface area contributed by atoms with Crippen LogP contribution in [-0.2, 0) is 6.42 Å². The van der Waals surface area contributed by atoms with E-state index in [1.165, 1.54) is 6.07 Å². The van der Waals surface area contributed by atoms with Crippen molar-refractivity contribution in [1.29, 1.82) is 0 Å². The van der Waals surface area contributed by atoms with Gasteiger partial charge in [-0.1, -0.05) is 17.4 Å². The monoisotopic (exact) mass is 532 g/mol. The number of aryl methyl sites for hydroxylation is 1. The normalized spacial score (nSPS) is 14.9. The lowest BCUT2D eigenvalue weighted by molar-refractivity contribution is 0.103. The third kappa shape index (κ3) is 6.78. The maximum absolute atomic E-state index is 14.0. The zero-order valence-electron chi connectivity index (χ0n) is 20.3. The van der Waals surface area contributed by atoms with Gasteiger partial charge in [0.1, 0.15) is 22.3 Å². The van der Waals surface area contributed by atoms with Crippen LogP contribution in [0.15, 0.2) is 41.4 Å². The van der Waals surface area contributed by atoms with Gasteiger partial charge < -0.3 is 16.0 Å². The molecule has 0 aliphatic carbocycles. The first-order chi connectivity index (χ1) is 17.3. The van der Waals surface area contributed by atoms with Crippen LogP contribution in [0, 0.1) is 11.6 Å². The zero-order chi connectivity index (χ0) is 25.7. The van der Waals surface area contributed by atoms with Gasteiger partial charge in [-0.25, -0.2) is 18.1 Å². The number of hydrogen-bond donors (Lipinski definition) is 2. The average molecular weight is 533 g/mol. The Labute approximate surface area is 218 Å². The molecule has 1 aliphatic rings. The van der Waals surface area contributed by atoms with E-state index in [-0.39, 0.29) is 16.7 Å². The third-order valence-electron chi connectivity index (χ3n) is 5.90. The number of halogens is 2. The Kier molecular flexibility index (Phi) is 8.89. The quantitative estimate of drug-likeness (QED) is 0.287. The van der Waals surface area contributed by atoms with Gasteiger partial charge in [-0.2, -0.15) is 0 Å². The number of carbonyl (C=O) groups is 1. The van der Waals surface area contributed by atoms with Gasteiger partial charge >= 0.3 is 0 Å². The Morgan fingerprint density at radius 1 is 1.22 bits per heavy atom. The first-order valence-electron chi connectivity index (χ1n) is 11.8. The molecule has 3 aromatic rings. The number of nitrogen functional groups attached to an aromatic ring is 1. The van der Waals surface area contributed by atoms with Crippen molar-refractivity contribution in [2.75, 3.05) is 44.8 Å². The molecule has 0 radical (unpaired) electrons. The van der Waals surface area contributed by atoms with Crippen LogP contribution in [0.4, 0.5) is 19.7 Å². The van der Waals surface area contributed by atoms with Crippen molar-refractivity contribution < 1.29 is 13.6 Å². The molecule has 3 heterocycles. The summed E-state index contributed by atoms with van der Waals surface area (Å²) in [6.45, 7) is 2.80. The molecule has 0 spiro atoms. The van der Waals surface area contributed by atoms with E-state index in [1.807, 2.05) is 6.20 Å². The van der Waals surface area contributed by atoms with Gasteiger partial charge in [0, 0.05) is 35.9 Å². The fraction of sp³-hybridized carbons (Fsp3) is 0.400. The molecular weight excluding hydrogens is 502 g/mol. The molecule has 1 aromatic carbocycles. The number of carbonyl (C=O) groups excluding carboxylic acids is 1. The summed E-state index contributed by atoms with van der Waals surface area (Å²) in [5, 5.41) is 3.81. The summed E-state index contributed by atoms with van der Waals surface area (Å²) in [4.78, 5) is 24.9. The molecule has 1 aliphatic heterocycles. The minimum Gasteiger partial charge on any atom is -0.382 e. The van der Waals surface area contributed by atoms with Gasteiger partial charge in [0.2, 0.25) is 5.78 Å². The number of aromatic nitrogens is 2. The Morgan fingerprint density at radius 3 is 2.58 bits per heavy atom. The Morgan fingerprint density at radius 2 is 1.94 bits per heavy atom. The number of hydrogen-bond acceptors (Lipinski definition) is 9. The minimum atomic E-state index is -0.915. The van der Waals surface area contributed by atoms with Crippen LogP contribution in [0.5, 0.6) is 0 Å². The molecule has 0 atom stereocenters. The van der Waals surface area contributed by atoms with Gasteiger partial charge in [-0.3, -0.25) is 9.78 Å². The van der Waals surface area contributed by atoms with Gasteiger partial charge in [0.25, 0.3) is 0 Å². The van der Waals surface area contributed by atoms with E-state index in [1.54, 1.807) is 11.9 Å². The van der Waals surface area contributed by atoms with Crippen LogP contribution < -0.4 is 11.1 Å². The molecule has 1 fully saturated rings. The lowest BCUT2D eigenvalue weighted by Crippen LogP contribution is -2.35. The van der Waals surface area contributed by atoms with Crippen molar-refractivity contribution in [3.8, 4) is 0 Å². The van der Waals surface area contributed by atoms with Gasteiger partial charge in [-0.15, -0.1) is 0 Å². The number of nitrogens with two attached hydrogens (primary N) is 1. The summed E-state index contributed by atoms with van der Waals surface area (Å²) in [6.07, 6.45) is 5.77. The minimum absolute atomic E-state index is 0.0270. The van der Waals surface area contributed by atoms with Crippen molar-refractivity contribution in [3.05, 3.63) is 64.3 Å². The molecule has 0 saturated carbocycles. The van der Waals surface area contributed by atoms with E-state index in [2.05, 4.69) is 50.7 Å². The first-order valence-corrected chi connectivity index (χ1v) is 13.4. The van der Waals surface area contributed by atoms with Crippen LogP contribution >= 0.6 is 23.3 Å². The van der Waals surface area contributed by atoms with Crippen molar-refractivity contribution >= 4 is 40.0 Å². The number of nitrogens with one attached hydrogen (secondary N) is 1. The van der Waals surface area contributed by atoms with E-state index in [9.17, 15) is 13.6 Å². The number of thiazole rings is 1. The predicted molar refractivity (Wildman–Crippen MR) is 142 cm³/mol. The van der Waals surface area contributed by atoms with E-state index in [0.29, 0.717) is 5.13 Å². The Hall–Kier alpha value is -2.60. The molecule has 4 rings (SSSR count). The standard InChI is InChI=1S/C25H30F2N6OS2/c1-32(2)12-4-5-16-8-9-18(15-29-16)36-33-13-10-17(11-14-33)30-25-31-24(28)23(35-25)22(34)21-19(26)6-3-7-20(21)27/h3,6-9,15,17H,4-5,10-14,28H2,1-2H3,(H,30,31). The van der Waals surface area contributed by atoms with E-state index in [0.717, 1.165) is 79.4 Å². The van der Waals surface area contributed by atoms with Crippen LogP contribution in [-0.4, -0.2) is 64.7 Å². The number of piperidine rings is 1. The van der Waals surface area contributed by atoms with Gasteiger partial charge in [0.15, 0.2) is 5.13 Å². The molecule has 36 heavy (non-hydrogen) atoms. The molecule has 2 aromatic heterocycles. The van der Waals surface area contributed by atoms with Gasteiger partial charge in [-0.05, 0) is 82.5 Å². The molecule has 3 N–H and O–H groups in total. The van der Waals surface area contributed by atoms with Crippen molar-refractivity contribution in [1.82, 2.24) is 19.2 Å². The summed E-state index contributed by atoms with van der Waals surface area (Å²) in [5.74, 6) is -2.65. The maximum atomic E-state index is 14.0. The second-order valence-corrected chi connectivity index (χ2v) is 11.2. The van der Waals surface area contributed by atoms with Crippen molar-refractivity contribution in [3.63, 3.8) is 0 Å². The first kappa shape index (κ1) is 26.5. The number of rotatable bonds is 10. The summed E-state index contributed by atoms with van der Waals surface area (Å²) in [6, 6.07) is 7.71. The second-order valence-electron chi connectivity index (χ2n) is 8.99.